The fourth-order valence-electron chi connectivity index (χ4n) is 4.85. The highest BCUT2D eigenvalue weighted by atomic mass is 32.2. The van der Waals surface area contributed by atoms with Gasteiger partial charge in [-0.25, -0.2) is 17.1 Å². The second-order valence-corrected chi connectivity index (χ2v) is 11.1. The van der Waals surface area contributed by atoms with Gasteiger partial charge in [-0.2, -0.15) is 0 Å². The SMILES string of the molecule is CC[C@@H](C(=O)NC1CCCCC1)N(Cc1ccc(F)cc1)C(=O)CN1C(=O)c2ccccc2S1(=O)=O. The van der Waals surface area contributed by atoms with Crippen LogP contribution in [0.25, 0.3) is 0 Å². The van der Waals surface area contributed by atoms with Crippen LogP contribution in [0.3, 0.4) is 0 Å². The van der Waals surface area contributed by atoms with E-state index in [0.717, 1.165) is 32.1 Å². The molecule has 0 radical (unpaired) electrons. The van der Waals surface area contributed by atoms with Crippen molar-refractivity contribution in [2.24, 2.45) is 0 Å². The molecule has 2 aromatic rings. The zero-order valence-electron chi connectivity index (χ0n) is 20.2. The van der Waals surface area contributed by atoms with Crippen LogP contribution in [0.2, 0.25) is 0 Å². The third-order valence-electron chi connectivity index (χ3n) is 6.79. The van der Waals surface area contributed by atoms with Crippen molar-refractivity contribution in [2.75, 3.05) is 6.54 Å². The predicted molar refractivity (Wildman–Crippen MR) is 131 cm³/mol. The van der Waals surface area contributed by atoms with Crippen LogP contribution in [0.5, 0.6) is 0 Å². The molecule has 1 N–H and O–H groups in total. The van der Waals surface area contributed by atoms with Gasteiger partial charge in [0.25, 0.3) is 15.9 Å². The summed E-state index contributed by atoms with van der Waals surface area (Å²) in [7, 11) is -4.19. The Morgan fingerprint density at radius 1 is 1.08 bits per heavy atom. The van der Waals surface area contributed by atoms with Crippen LogP contribution < -0.4 is 5.32 Å². The molecule has 1 aliphatic carbocycles. The fourth-order valence-corrected chi connectivity index (χ4v) is 6.37. The third kappa shape index (κ3) is 5.28. The number of carbonyl (C=O) groups excluding carboxylic acids is 3. The van der Waals surface area contributed by atoms with Crippen LogP contribution in [0.15, 0.2) is 53.4 Å². The largest absolute Gasteiger partial charge is 0.352 e. The fraction of sp³-hybridized carbons (Fsp3) is 0.423. The molecule has 0 spiro atoms. The molecule has 0 bridgehead atoms. The van der Waals surface area contributed by atoms with Crippen LogP contribution in [-0.2, 0) is 26.2 Å². The van der Waals surface area contributed by atoms with Gasteiger partial charge in [0.2, 0.25) is 11.8 Å². The second-order valence-electron chi connectivity index (χ2n) is 9.23. The Morgan fingerprint density at radius 3 is 2.39 bits per heavy atom. The molecule has 0 saturated heterocycles. The molecule has 8 nitrogen and oxygen atoms in total. The summed E-state index contributed by atoms with van der Waals surface area (Å²) in [6.45, 7) is 0.999. The number of carbonyl (C=O) groups is 3. The van der Waals surface area contributed by atoms with Gasteiger partial charge in [0, 0.05) is 12.6 Å². The summed E-state index contributed by atoms with van der Waals surface area (Å²) < 4.78 is 40.0. The standard InChI is InChI=1S/C26H30FN3O5S/c1-2-22(25(32)28-20-8-4-3-5-9-20)29(16-18-12-14-19(27)15-13-18)24(31)17-30-26(33)21-10-6-7-11-23(21)36(30,34)35/h6-7,10-15,20,22H,2-5,8-9,16-17H2,1H3,(H,28,32)/t22-/m0/s1. The molecule has 10 heteroatoms. The van der Waals surface area contributed by atoms with Gasteiger partial charge in [0.1, 0.15) is 23.3 Å². The topological polar surface area (TPSA) is 104 Å². The van der Waals surface area contributed by atoms with E-state index in [2.05, 4.69) is 5.32 Å². The Kier molecular flexibility index (Phi) is 7.73. The first kappa shape index (κ1) is 25.8. The number of amides is 3. The molecule has 1 saturated carbocycles. The maximum atomic E-state index is 13.6. The van der Waals surface area contributed by atoms with E-state index in [1.165, 1.54) is 47.4 Å². The molecular formula is C26H30FN3O5S. The van der Waals surface area contributed by atoms with E-state index in [-0.39, 0.29) is 35.4 Å². The Bertz CT molecular complexity index is 1240. The van der Waals surface area contributed by atoms with Gasteiger partial charge in [0.05, 0.1) is 5.56 Å². The van der Waals surface area contributed by atoms with Gasteiger partial charge >= 0.3 is 0 Å². The van der Waals surface area contributed by atoms with Crippen molar-refractivity contribution in [1.29, 1.82) is 0 Å². The predicted octanol–water partition coefficient (Wildman–Crippen LogP) is 3.23. The molecule has 1 aliphatic heterocycles. The number of hydrogen-bond acceptors (Lipinski definition) is 5. The minimum Gasteiger partial charge on any atom is -0.352 e. The molecule has 1 fully saturated rings. The number of rotatable bonds is 8. The zero-order valence-corrected chi connectivity index (χ0v) is 21.0. The first-order valence-corrected chi connectivity index (χ1v) is 13.7. The molecule has 1 heterocycles. The van der Waals surface area contributed by atoms with Gasteiger partial charge < -0.3 is 10.2 Å². The molecule has 0 aromatic heterocycles. The Balaban J connectivity index is 1.60. The molecule has 1 atom stereocenters. The lowest BCUT2D eigenvalue weighted by molar-refractivity contribution is -0.141. The lowest BCUT2D eigenvalue weighted by Crippen LogP contribution is -2.53. The summed E-state index contributed by atoms with van der Waals surface area (Å²) in [5.74, 6) is -2.22. The van der Waals surface area contributed by atoms with Crippen molar-refractivity contribution in [3.05, 3.63) is 65.5 Å². The van der Waals surface area contributed by atoms with Crippen molar-refractivity contribution in [3.63, 3.8) is 0 Å². The minimum atomic E-state index is -4.19. The molecule has 2 aliphatic rings. The zero-order chi connectivity index (χ0) is 25.9. The summed E-state index contributed by atoms with van der Waals surface area (Å²) in [6.07, 6.45) is 5.19. The Morgan fingerprint density at radius 2 is 1.75 bits per heavy atom. The molecule has 3 amide bonds. The number of nitrogens with one attached hydrogen (secondary N) is 1. The van der Waals surface area contributed by atoms with Crippen LogP contribution in [-0.4, -0.2) is 54.0 Å². The second kappa shape index (κ2) is 10.8. The van der Waals surface area contributed by atoms with E-state index in [1.54, 1.807) is 13.0 Å². The smallest absolute Gasteiger partial charge is 0.269 e. The van der Waals surface area contributed by atoms with Crippen molar-refractivity contribution in [3.8, 4) is 0 Å². The lowest BCUT2D eigenvalue weighted by atomic mass is 9.95. The van der Waals surface area contributed by atoms with Crippen LogP contribution >= 0.6 is 0 Å². The quantitative estimate of drug-likeness (QED) is 0.581. The molecular weight excluding hydrogens is 485 g/mol. The Hall–Kier alpha value is -3.27. The van der Waals surface area contributed by atoms with Crippen molar-refractivity contribution >= 4 is 27.7 Å². The van der Waals surface area contributed by atoms with E-state index >= 15 is 0 Å². The summed E-state index contributed by atoms with van der Waals surface area (Å²) in [5, 5.41) is 3.04. The number of nitrogens with zero attached hydrogens (tertiary/aromatic N) is 2. The highest BCUT2D eigenvalue weighted by Gasteiger charge is 2.43. The van der Waals surface area contributed by atoms with Gasteiger partial charge in [-0.15, -0.1) is 0 Å². The minimum absolute atomic E-state index is 0.0115. The molecule has 192 valence electrons. The maximum absolute atomic E-state index is 13.6. The summed E-state index contributed by atoms with van der Waals surface area (Å²) in [4.78, 5) is 40.8. The number of hydrogen-bond donors (Lipinski definition) is 1. The van der Waals surface area contributed by atoms with Crippen molar-refractivity contribution in [2.45, 2.75) is 69.0 Å². The van der Waals surface area contributed by atoms with Gasteiger partial charge in [0.15, 0.2) is 0 Å². The van der Waals surface area contributed by atoms with E-state index in [0.29, 0.717) is 9.87 Å². The first-order valence-electron chi connectivity index (χ1n) is 12.2. The highest BCUT2D eigenvalue weighted by Crippen LogP contribution is 2.30. The number of sulfonamides is 1. The van der Waals surface area contributed by atoms with Crippen molar-refractivity contribution < 1.29 is 27.2 Å². The van der Waals surface area contributed by atoms with E-state index in [9.17, 15) is 27.2 Å². The highest BCUT2D eigenvalue weighted by molar-refractivity contribution is 7.90. The summed E-state index contributed by atoms with van der Waals surface area (Å²) in [5.41, 5.74) is 0.588. The molecule has 0 unspecified atom stereocenters. The first-order chi connectivity index (χ1) is 17.2. The molecule has 4 rings (SSSR count). The Labute approximate surface area is 210 Å². The number of halogens is 1. The van der Waals surface area contributed by atoms with Crippen molar-refractivity contribution in [1.82, 2.24) is 14.5 Å². The van der Waals surface area contributed by atoms with Gasteiger partial charge in [-0.05, 0) is 49.1 Å². The maximum Gasteiger partial charge on any atom is 0.269 e. The number of fused-ring (bicyclic) bond motifs is 1. The van der Waals surface area contributed by atoms with E-state index < -0.39 is 40.2 Å². The summed E-state index contributed by atoms with van der Waals surface area (Å²) >= 11 is 0. The average Bonchev–Trinajstić information content (AvgIpc) is 3.06. The monoisotopic (exact) mass is 515 g/mol. The third-order valence-corrected chi connectivity index (χ3v) is 8.58. The van der Waals surface area contributed by atoms with E-state index in [4.69, 9.17) is 0 Å². The van der Waals surface area contributed by atoms with E-state index in [1.807, 2.05) is 0 Å². The van der Waals surface area contributed by atoms with Gasteiger partial charge in [-0.1, -0.05) is 50.5 Å². The van der Waals surface area contributed by atoms with Crippen LogP contribution in [0.4, 0.5) is 4.39 Å². The van der Waals surface area contributed by atoms with Crippen LogP contribution in [0.1, 0.15) is 61.4 Å². The normalized spacial score (nSPS) is 17.9. The lowest BCUT2D eigenvalue weighted by Gasteiger charge is -2.33. The molecule has 36 heavy (non-hydrogen) atoms. The van der Waals surface area contributed by atoms with Crippen LogP contribution in [0, 0.1) is 5.82 Å². The average molecular weight is 516 g/mol. The number of benzene rings is 2. The van der Waals surface area contributed by atoms with Gasteiger partial charge in [-0.3, -0.25) is 14.4 Å². The molecule has 2 aromatic carbocycles. The summed E-state index contributed by atoms with van der Waals surface area (Å²) in [6, 6.07) is 10.5.